The Morgan fingerprint density at radius 3 is 2.67 bits per heavy atom. The second-order valence-corrected chi connectivity index (χ2v) is 5.89. The lowest BCUT2D eigenvalue weighted by atomic mass is 10.3. The van der Waals surface area contributed by atoms with Crippen molar-refractivity contribution in [3.63, 3.8) is 0 Å². The molecular formula is C18H18N4O5. The van der Waals surface area contributed by atoms with Crippen molar-refractivity contribution in [1.82, 2.24) is 15.1 Å². The minimum absolute atomic E-state index is 0.0117. The van der Waals surface area contributed by atoms with E-state index in [1.54, 1.807) is 16.8 Å². The Morgan fingerprint density at radius 2 is 2.04 bits per heavy atom. The van der Waals surface area contributed by atoms with Crippen molar-refractivity contribution in [3.05, 3.63) is 75.5 Å². The lowest BCUT2D eigenvalue weighted by Gasteiger charge is -2.04. The van der Waals surface area contributed by atoms with Crippen LogP contribution in [0.3, 0.4) is 0 Å². The molecule has 3 aromatic rings. The number of nitrogens with one attached hydrogen (secondary N) is 1. The number of non-ortho nitro benzene ring substituents is 1. The van der Waals surface area contributed by atoms with E-state index in [9.17, 15) is 14.9 Å². The number of hydrogen-bond donors (Lipinski definition) is 1. The summed E-state index contributed by atoms with van der Waals surface area (Å²) in [5.41, 5.74) is 1.75. The molecule has 0 spiro atoms. The van der Waals surface area contributed by atoms with Crippen LogP contribution >= 0.6 is 0 Å². The highest BCUT2D eigenvalue weighted by atomic mass is 16.6. The highest BCUT2D eigenvalue weighted by molar-refractivity contribution is 5.91. The molecule has 0 atom stereocenters. The lowest BCUT2D eigenvalue weighted by Crippen LogP contribution is -2.22. The number of nitro benzene ring substituents is 1. The van der Waals surface area contributed by atoms with Crippen LogP contribution in [-0.2, 0) is 20.2 Å². The molecular weight excluding hydrogens is 352 g/mol. The number of furan rings is 1. The molecule has 0 aliphatic carbocycles. The fourth-order valence-electron chi connectivity index (χ4n) is 2.38. The maximum Gasteiger partial charge on any atom is 0.287 e. The highest BCUT2D eigenvalue weighted by Gasteiger charge is 2.12. The molecule has 9 heteroatoms. The average molecular weight is 370 g/mol. The van der Waals surface area contributed by atoms with Gasteiger partial charge in [0.2, 0.25) is 0 Å². The van der Waals surface area contributed by atoms with Gasteiger partial charge in [0, 0.05) is 24.9 Å². The molecule has 140 valence electrons. The number of carbonyl (C=O) groups excluding carboxylic acids is 1. The highest BCUT2D eigenvalue weighted by Crippen LogP contribution is 2.19. The number of nitrogens with zero attached hydrogens (tertiary/aromatic N) is 3. The van der Waals surface area contributed by atoms with E-state index in [1.165, 1.54) is 24.3 Å². The minimum atomic E-state index is -0.479. The molecule has 2 heterocycles. The Bertz CT molecular complexity index is 939. The van der Waals surface area contributed by atoms with Crippen molar-refractivity contribution in [3.8, 4) is 5.75 Å². The molecule has 0 radical (unpaired) electrons. The fourth-order valence-corrected chi connectivity index (χ4v) is 2.38. The van der Waals surface area contributed by atoms with Gasteiger partial charge in [-0.15, -0.1) is 0 Å². The summed E-state index contributed by atoms with van der Waals surface area (Å²) in [7, 11) is 1.84. The molecule has 0 aliphatic heterocycles. The van der Waals surface area contributed by atoms with Gasteiger partial charge in [-0.2, -0.15) is 5.10 Å². The number of benzene rings is 1. The van der Waals surface area contributed by atoms with E-state index in [-0.39, 0.29) is 24.0 Å². The number of aryl methyl sites for hydroxylation is 2. The average Bonchev–Trinajstić information content (AvgIpc) is 3.25. The SMILES string of the molecule is Cc1cc(CNC(=O)c2ccc(COc3ccc([N+](=O)[O-])cc3)o2)nn1C. The molecule has 0 saturated carbocycles. The first-order chi connectivity index (χ1) is 12.9. The van der Waals surface area contributed by atoms with E-state index in [0.29, 0.717) is 18.1 Å². The van der Waals surface area contributed by atoms with Crippen molar-refractivity contribution >= 4 is 11.6 Å². The summed E-state index contributed by atoms with van der Waals surface area (Å²) in [5.74, 6) is 0.755. The predicted octanol–water partition coefficient (Wildman–Crippen LogP) is 2.74. The molecule has 0 fully saturated rings. The van der Waals surface area contributed by atoms with Gasteiger partial charge in [0.15, 0.2) is 5.76 Å². The Labute approximate surface area is 154 Å². The molecule has 0 unspecified atom stereocenters. The predicted molar refractivity (Wildman–Crippen MR) is 95.3 cm³/mol. The second kappa shape index (κ2) is 7.73. The van der Waals surface area contributed by atoms with Crippen LogP contribution in [0.15, 0.2) is 46.9 Å². The quantitative estimate of drug-likeness (QED) is 0.505. The van der Waals surface area contributed by atoms with Gasteiger partial charge in [-0.25, -0.2) is 0 Å². The van der Waals surface area contributed by atoms with Gasteiger partial charge in [-0.3, -0.25) is 19.6 Å². The third-order valence-electron chi connectivity index (χ3n) is 3.91. The third kappa shape index (κ3) is 4.51. The second-order valence-electron chi connectivity index (χ2n) is 5.89. The van der Waals surface area contributed by atoms with Crippen LogP contribution in [0.4, 0.5) is 5.69 Å². The smallest absolute Gasteiger partial charge is 0.287 e. The first-order valence-corrected chi connectivity index (χ1v) is 8.16. The van der Waals surface area contributed by atoms with Gasteiger partial charge in [0.25, 0.3) is 11.6 Å². The number of rotatable bonds is 7. The fraction of sp³-hybridized carbons (Fsp3) is 0.222. The molecule has 2 aromatic heterocycles. The van der Waals surface area contributed by atoms with E-state index in [4.69, 9.17) is 9.15 Å². The van der Waals surface area contributed by atoms with Gasteiger partial charge in [0.1, 0.15) is 18.1 Å². The number of ether oxygens (including phenoxy) is 1. The zero-order chi connectivity index (χ0) is 19.4. The number of aromatic nitrogens is 2. The molecule has 0 bridgehead atoms. The van der Waals surface area contributed by atoms with Crippen LogP contribution in [0, 0.1) is 17.0 Å². The zero-order valence-electron chi connectivity index (χ0n) is 14.8. The van der Waals surface area contributed by atoms with E-state index >= 15 is 0 Å². The van der Waals surface area contributed by atoms with E-state index in [2.05, 4.69) is 10.4 Å². The van der Waals surface area contributed by atoms with Gasteiger partial charge < -0.3 is 14.5 Å². The van der Waals surface area contributed by atoms with Gasteiger partial charge in [0.05, 0.1) is 17.2 Å². The Balaban J connectivity index is 1.52. The van der Waals surface area contributed by atoms with Crippen LogP contribution in [0.1, 0.15) is 27.7 Å². The van der Waals surface area contributed by atoms with Crippen LogP contribution in [-0.4, -0.2) is 20.6 Å². The topological polar surface area (TPSA) is 112 Å². The Kier molecular flexibility index (Phi) is 5.20. The van der Waals surface area contributed by atoms with Gasteiger partial charge >= 0.3 is 0 Å². The molecule has 1 amide bonds. The number of carbonyl (C=O) groups is 1. The normalized spacial score (nSPS) is 10.6. The third-order valence-corrected chi connectivity index (χ3v) is 3.91. The molecule has 27 heavy (non-hydrogen) atoms. The number of amides is 1. The largest absolute Gasteiger partial charge is 0.486 e. The minimum Gasteiger partial charge on any atom is -0.486 e. The summed E-state index contributed by atoms with van der Waals surface area (Å²) in [5, 5.41) is 17.6. The summed E-state index contributed by atoms with van der Waals surface area (Å²) in [6.45, 7) is 2.34. The first kappa shape index (κ1) is 18.2. The summed E-state index contributed by atoms with van der Waals surface area (Å²) in [6, 6.07) is 10.8. The van der Waals surface area contributed by atoms with E-state index < -0.39 is 4.92 Å². The first-order valence-electron chi connectivity index (χ1n) is 8.16. The Hall–Kier alpha value is -3.62. The van der Waals surface area contributed by atoms with Crippen molar-refractivity contribution in [2.24, 2.45) is 7.05 Å². The van der Waals surface area contributed by atoms with Crippen molar-refractivity contribution in [2.45, 2.75) is 20.1 Å². The zero-order valence-corrected chi connectivity index (χ0v) is 14.8. The van der Waals surface area contributed by atoms with Crippen molar-refractivity contribution in [2.75, 3.05) is 0 Å². The summed E-state index contributed by atoms with van der Waals surface area (Å²) in [4.78, 5) is 22.3. The van der Waals surface area contributed by atoms with Gasteiger partial charge in [-0.05, 0) is 37.3 Å². The van der Waals surface area contributed by atoms with Crippen LogP contribution < -0.4 is 10.1 Å². The standard InChI is InChI=1S/C18H18N4O5/c1-12-9-13(20-21(12)2)10-19-18(23)17-8-7-16(27-17)11-26-15-5-3-14(4-6-15)22(24)25/h3-9H,10-11H2,1-2H3,(H,19,23). The van der Waals surface area contributed by atoms with E-state index in [1.807, 2.05) is 20.0 Å². The molecule has 9 nitrogen and oxygen atoms in total. The molecule has 1 aromatic carbocycles. The lowest BCUT2D eigenvalue weighted by molar-refractivity contribution is -0.384. The van der Waals surface area contributed by atoms with E-state index in [0.717, 1.165) is 11.4 Å². The van der Waals surface area contributed by atoms with Crippen LogP contribution in [0.25, 0.3) is 0 Å². The maximum atomic E-state index is 12.2. The van der Waals surface area contributed by atoms with Gasteiger partial charge in [-0.1, -0.05) is 0 Å². The molecule has 0 aliphatic rings. The van der Waals surface area contributed by atoms with Crippen molar-refractivity contribution in [1.29, 1.82) is 0 Å². The molecule has 3 rings (SSSR count). The number of hydrogen-bond acceptors (Lipinski definition) is 6. The summed E-state index contributed by atoms with van der Waals surface area (Å²) in [6.07, 6.45) is 0. The Morgan fingerprint density at radius 1 is 1.30 bits per heavy atom. The number of nitro groups is 1. The van der Waals surface area contributed by atoms with Crippen LogP contribution in [0.5, 0.6) is 5.75 Å². The van der Waals surface area contributed by atoms with Crippen molar-refractivity contribution < 1.29 is 18.9 Å². The summed E-state index contributed by atoms with van der Waals surface area (Å²) < 4.78 is 12.7. The monoisotopic (exact) mass is 370 g/mol. The summed E-state index contributed by atoms with van der Waals surface area (Å²) >= 11 is 0. The molecule has 1 N–H and O–H groups in total. The van der Waals surface area contributed by atoms with Crippen LogP contribution in [0.2, 0.25) is 0 Å². The maximum absolute atomic E-state index is 12.2. The molecule has 0 saturated heterocycles.